The topological polar surface area (TPSA) is 80.6 Å². The number of nitrogens with one attached hydrogen (secondary N) is 1. The van der Waals surface area contributed by atoms with E-state index in [1.807, 2.05) is 50.2 Å². The Morgan fingerprint density at radius 3 is 2.41 bits per heavy atom. The molecule has 6 nitrogen and oxygen atoms in total. The summed E-state index contributed by atoms with van der Waals surface area (Å²) in [5.74, 6) is 1.34. The van der Waals surface area contributed by atoms with Crippen LogP contribution in [0.5, 0.6) is 17.2 Å². The zero-order valence-electron chi connectivity index (χ0n) is 19.2. The van der Waals surface area contributed by atoms with Crippen LogP contribution in [0.4, 0.5) is 5.69 Å². The minimum Gasteiger partial charge on any atom is -0.494 e. The van der Waals surface area contributed by atoms with Gasteiger partial charge in [-0.05, 0) is 90.0 Å². The maximum atomic E-state index is 12.7. The highest BCUT2D eigenvalue weighted by molar-refractivity contribution is 14.1. The van der Waals surface area contributed by atoms with Gasteiger partial charge in [-0.2, -0.15) is 5.26 Å². The summed E-state index contributed by atoms with van der Waals surface area (Å²) in [7, 11) is 1.56. The summed E-state index contributed by atoms with van der Waals surface area (Å²) in [4.78, 5) is 12.7. The SMILES string of the molecule is CCOc1ccc(NC(=O)/C(C#N)=C\c2cc(I)c(OCc3ccc(C)cc3)c(OC)c2)cc1. The first kappa shape index (κ1) is 25.1. The van der Waals surface area contributed by atoms with E-state index in [1.165, 1.54) is 11.6 Å². The van der Waals surface area contributed by atoms with Gasteiger partial charge in [0, 0.05) is 5.69 Å². The molecule has 1 amide bonds. The number of amides is 1. The molecular weight excluding hydrogens is 543 g/mol. The van der Waals surface area contributed by atoms with Gasteiger partial charge in [0.1, 0.15) is 24.0 Å². The van der Waals surface area contributed by atoms with E-state index < -0.39 is 5.91 Å². The monoisotopic (exact) mass is 568 g/mol. The lowest BCUT2D eigenvalue weighted by Gasteiger charge is -2.14. The second-order valence-electron chi connectivity index (χ2n) is 7.39. The van der Waals surface area contributed by atoms with Gasteiger partial charge < -0.3 is 19.5 Å². The van der Waals surface area contributed by atoms with Crippen molar-refractivity contribution in [1.82, 2.24) is 0 Å². The number of hydrogen-bond donors (Lipinski definition) is 1. The average Bonchev–Trinajstić information content (AvgIpc) is 2.84. The summed E-state index contributed by atoms with van der Waals surface area (Å²) in [6.07, 6.45) is 1.53. The Hall–Kier alpha value is -3.51. The van der Waals surface area contributed by atoms with Crippen LogP contribution in [0.3, 0.4) is 0 Å². The molecule has 3 rings (SSSR count). The fourth-order valence-corrected chi connectivity index (χ4v) is 3.90. The molecule has 3 aromatic rings. The van der Waals surface area contributed by atoms with Gasteiger partial charge in [0.2, 0.25) is 0 Å². The van der Waals surface area contributed by atoms with Crippen LogP contribution in [0.15, 0.2) is 66.2 Å². The molecule has 0 radical (unpaired) electrons. The summed E-state index contributed by atoms with van der Waals surface area (Å²) >= 11 is 2.16. The molecule has 0 saturated carbocycles. The number of methoxy groups -OCH3 is 1. The van der Waals surface area contributed by atoms with E-state index in [0.717, 1.165) is 9.13 Å². The Morgan fingerprint density at radius 1 is 1.09 bits per heavy atom. The quantitative estimate of drug-likeness (QED) is 0.191. The second-order valence-corrected chi connectivity index (χ2v) is 8.55. The van der Waals surface area contributed by atoms with Crippen molar-refractivity contribution in [1.29, 1.82) is 5.26 Å². The molecule has 34 heavy (non-hydrogen) atoms. The van der Waals surface area contributed by atoms with Gasteiger partial charge in [0.15, 0.2) is 11.5 Å². The first-order valence-electron chi connectivity index (χ1n) is 10.7. The highest BCUT2D eigenvalue weighted by Crippen LogP contribution is 2.35. The smallest absolute Gasteiger partial charge is 0.266 e. The maximum absolute atomic E-state index is 12.7. The zero-order valence-corrected chi connectivity index (χ0v) is 21.4. The van der Waals surface area contributed by atoms with Crippen LogP contribution in [0.1, 0.15) is 23.6 Å². The molecule has 0 aromatic heterocycles. The Morgan fingerprint density at radius 2 is 1.79 bits per heavy atom. The van der Waals surface area contributed by atoms with E-state index in [2.05, 4.69) is 27.9 Å². The number of nitriles is 1. The molecule has 0 heterocycles. The van der Waals surface area contributed by atoms with E-state index in [1.54, 1.807) is 37.4 Å². The molecule has 0 saturated heterocycles. The molecule has 174 valence electrons. The number of ether oxygens (including phenoxy) is 3. The third-order valence-corrected chi connectivity index (χ3v) is 5.66. The lowest BCUT2D eigenvalue weighted by Crippen LogP contribution is -2.13. The Balaban J connectivity index is 1.77. The molecular formula is C27H25IN2O4. The van der Waals surface area contributed by atoms with Crippen LogP contribution in [-0.2, 0) is 11.4 Å². The highest BCUT2D eigenvalue weighted by Gasteiger charge is 2.14. The van der Waals surface area contributed by atoms with Gasteiger partial charge >= 0.3 is 0 Å². The van der Waals surface area contributed by atoms with Gasteiger partial charge in [-0.25, -0.2) is 0 Å². The maximum Gasteiger partial charge on any atom is 0.266 e. The van der Waals surface area contributed by atoms with E-state index in [-0.39, 0.29) is 5.57 Å². The van der Waals surface area contributed by atoms with E-state index in [9.17, 15) is 10.1 Å². The molecule has 3 aromatic carbocycles. The number of anilines is 1. The van der Waals surface area contributed by atoms with Gasteiger partial charge in [0.25, 0.3) is 5.91 Å². The molecule has 0 bridgehead atoms. The molecule has 0 aliphatic carbocycles. The van der Waals surface area contributed by atoms with Crippen LogP contribution >= 0.6 is 22.6 Å². The van der Waals surface area contributed by atoms with Crippen molar-refractivity contribution in [2.75, 3.05) is 19.0 Å². The molecule has 0 fully saturated rings. The molecule has 7 heteroatoms. The highest BCUT2D eigenvalue weighted by atomic mass is 127. The standard InChI is InChI=1S/C27H25IN2O4/c1-4-33-23-11-9-22(10-12-23)30-27(31)21(16-29)13-20-14-24(28)26(25(15-20)32-3)34-17-19-7-5-18(2)6-8-19/h5-15H,4,17H2,1-3H3,(H,30,31)/b21-13-. The number of rotatable bonds is 9. The summed E-state index contributed by atoms with van der Waals surface area (Å²) in [5.41, 5.74) is 3.43. The Kier molecular flexibility index (Phi) is 8.93. The number of nitrogens with zero attached hydrogens (tertiary/aromatic N) is 1. The van der Waals surface area contributed by atoms with Gasteiger partial charge in [-0.1, -0.05) is 29.8 Å². The Bertz CT molecular complexity index is 1210. The fraction of sp³-hybridized carbons (Fsp3) is 0.185. The number of carbonyl (C=O) groups excluding carboxylic acids is 1. The summed E-state index contributed by atoms with van der Waals surface area (Å²) in [6, 6.07) is 20.7. The predicted molar refractivity (Wildman–Crippen MR) is 141 cm³/mol. The van der Waals surface area contributed by atoms with Crippen molar-refractivity contribution >= 4 is 40.3 Å². The van der Waals surface area contributed by atoms with E-state index in [4.69, 9.17) is 14.2 Å². The van der Waals surface area contributed by atoms with Crippen molar-refractivity contribution in [2.24, 2.45) is 0 Å². The van der Waals surface area contributed by atoms with Gasteiger partial charge in [-0.15, -0.1) is 0 Å². The number of benzene rings is 3. The number of halogens is 1. The van der Waals surface area contributed by atoms with Crippen LogP contribution in [0.2, 0.25) is 0 Å². The molecule has 0 atom stereocenters. The predicted octanol–water partition coefficient (Wildman–Crippen LogP) is 6.13. The first-order chi connectivity index (χ1) is 16.4. The third-order valence-electron chi connectivity index (χ3n) is 4.85. The second kappa shape index (κ2) is 12.1. The molecule has 0 aliphatic heterocycles. The summed E-state index contributed by atoms with van der Waals surface area (Å²) in [6.45, 7) is 4.90. The van der Waals surface area contributed by atoms with Crippen molar-refractivity contribution < 1.29 is 19.0 Å². The number of aryl methyl sites for hydroxylation is 1. The number of hydrogen-bond acceptors (Lipinski definition) is 5. The van der Waals surface area contributed by atoms with E-state index in [0.29, 0.717) is 41.7 Å². The van der Waals surface area contributed by atoms with Crippen LogP contribution in [-0.4, -0.2) is 19.6 Å². The van der Waals surface area contributed by atoms with Crippen molar-refractivity contribution in [3.8, 4) is 23.3 Å². The Labute approximate surface area is 213 Å². The normalized spacial score (nSPS) is 10.9. The summed E-state index contributed by atoms with van der Waals surface area (Å²) in [5, 5.41) is 12.3. The van der Waals surface area contributed by atoms with Gasteiger partial charge in [-0.3, -0.25) is 4.79 Å². The zero-order chi connectivity index (χ0) is 24.5. The molecule has 1 N–H and O–H groups in total. The van der Waals surface area contributed by atoms with Crippen LogP contribution < -0.4 is 19.5 Å². The summed E-state index contributed by atoms with van der Waals surface area (Å²) < 4.78 is 17.7. The van der Waals surface area contributed by atoms with Crippen molar-refractivity contribution in [2.45, 2.75) is 20.5 Å². The van der Waals surface area contributed by atoms with Gasteiger partial charge in [0.05, 0.1) is 17.3 Å². The van der Waals surface area contributed by atoms with Crippen LogP contribution in [0.25, 0.3) is 6.08 Å². The molecule has 0 spiro atoms. The third kappa shape index (κ3) is 6.75. The van der Waals surface area contributed by atoms with Crippen molar-refractivity contribution in [3.63, 3.8) is 0 Å². The average molecular weight is 568 g/mol. The van der Waals surface area contributed by atoms with Crippen LogP contribution in [0, 0.1) is 21.8 Å². The lowest BCUT2D eigenvalue weighted by molar-refractivity contribution is -0.112. The molecule has 0 aliphatic rings. The molecule has 0 unspecified atom stereocenters. The first-order valence-corrected chi connectivity index (χ1v) is 11.7. The number of carbonyl (C=O) groups is 1. The minimum atomic E-state index is -0.500. The minimum absolute atomic E-state index is 0.0277. The van der Waals surface area contributed by atoms with E-state index >= 15 is 0 Å². The largest absolute Gasteiger partial charge is 0.494 e. The van der Waals surface area contributed by atoms with Crippen molar-refractivity contribution in [3.05, 3.63) is 86.5 Å². The lowest BCUT2D eigenvalue weighted by atomic mass is 10.1. The fourth-order valence-electron chi connectivity index (χ4n) is 3.12.